The summed E-state index contributed by atoms with van der Waals surface area (Å²) in [6.45, 7) is 10.3. The Balaban J connectivity index is 2.18. The molecule has 0 spiro atoms. The topological polar surface area (TPSA) is 49.4 Å². The van der Waals surface area contributed by atoms with E-state index in [9.17, 15) is 9.59 Å². The molecular formula is C24H32N2O2S. The molecular weight excluding hydrogens is 380 g/mol. The number of carbonyl (C=O) groups excluding carboxylic acids is 2. The lowest BCUT2D eigenvalue weighted by Crippen LogP contribution is -2.50. The van der Waals surface area contributed by atoms with Gasteiger partial charge in [-0.3, -0.25) is 9.59 Å². The Labute approximate surface area is 179 Å². The van der Waals surface area contributed by atoms with E-state index < -0.39 is 6.04 Å². The van der Waals surface area contributed by atoms with E-state index in [1.165, 1.54) is 22.9 Å². The molecule has 2 aromatic carbocycles. The third-order valence-electron chi connectivity index (χ3n) is 4.67. The first-order chi connectivity index (χ1) is 13.8. The fraction of sp³-hybridized carbons (Fsp3) is 0.417. The van der Waals surface area contributed by atoms with Gasteiger partial charge in [0, 0.05) is 17.5 Å². The molecule has 0 aromatic heterocycles. The Morgan fingerprint density at radius 2 is 1.52 bits per heavy atom. The predicted molar refractivity (Wildman–Crippen MR) is 121 cm³/mol. The molecule has 0 aliphatic rings. The van der Waals surface area contributed by atoms with Gasteiger partial charge in [0.05, 0.1) is 5.75 Å². The maximum absolute atomic E-state index is 13.2. The average molecular weight is 413 g/mol. The molecule has 0 aliphatic heterocycles. The van der Waals surface area contributed by atoms with Gasteiger partial charge in [-0.05, 0) is 51.8 Å². The van der Waals surface area contributed by atoms with E-state index in [0.717, 1.165) is 10.5 Å². The summed E-state index contributed by atoms with van der Waals surface area (Å²) in [4.78, 5) is 28.7. The van der Waals surface area contributed by atoms with Gasteiger partial charge in [-0.1, -0.05) is 54.4 Å². The van der Waals surface area contributed by atoms with E-state index in [-0.39, 0.29) is 17.9 Å². The highest BCUT2D eigenvalue weighted by molar-refractivity contribution is 8.00. The van der Waals surface area contributed by atoms with Crippen molar-refractivity contribution in [3.8, 4) is 0 Å². The van der Waals surface area contributed by atoms with Crippen molar-refractivity contribution < 1.29 is 9.59 Å². The second-order valence-electron chi connectivity index (χ2n) is 7.70. The number of benzene rings is 2. The number of aryl methyl sites for hydroxylation is 2. The molecule has 4 nitrogen and oxygen atoms in total. The van der Waals surface area contributed by atoms with Crippen molar-refractivity contribution in [2.75, 3.05) is 5.75 Å². The molecule has 0 aliphatic carbocycles. The van der Waals surface area contributed by atoms with E-state index in [0.29, 0.717) is 18.7 Å². The SMILES string of the molecule is CC[C@H](C(=O)NC(C)C)N(Cc1ccc(C)cc1)C(=O)CSc1ccc(C)cc1. The minimum atomic E-state index is -0.482. The average Bonchev–Trinajstić information content (AvgIpc) is 2.68. The normalized spacial score (nSPS) is 11.9. The molecule has 0 heterocycles. The van der Waals surface area contributed by atoms with Crippen LogP contribution in [-0.4, -0.2) is 34.6 Å². The number of nitrogens with one attached hydrogen (secondary N) is 1. The molecule has 2 amide bonds. The van der Waals surface area contributed by atoms with Crippen molar-refractivity contribution in [1.29, 1.82) is 0 Å². The molecule has 1 atom stereocenters. The summed E-state index contributed by atoms with van der Waals surface area (Å²) in [5.74, 6) is 0.186. The minimum Gasteiger partial charge on any atom is -0.352 e. The van der Waals surface area contributed by atoms with Gasteiger partial charge < -0.3 is 10.2 Å². The van der Waals surface area contributed by atoms with Crippen LogP contribution in [0.3, 0.4) is 0 Å². The Hall–Kier alpha value is -2.27. The van der Waals surface area contributed by atoms with Crippen LogP contribution in [0.25, 0.3) is 0 Å². The van der Waals surface area contributed by atoms with Gasteiger partial charge in [0.15, 0.2) is 0 Å². The Bertz CT molecular complexity index is 801. The van der Waals surface area contributed by atoms with Gasteiger partial charge in [0.2, 0.25) is 11.8 Å². The van der Waals surface area contributed by atoms with E-state index in [1.807, 2.05) is 83.1 Å². The number of hydrogen-bond acceptors (Lipinski definition) is 3. The Morgan fingerprint density at radius 3 is 2.03 bits per heavy atom. The van der Waals surface area contributed by atoms with Crippen molar-refractivity contribution in [3.05, 3.63) is 65.2 Å². The van der Waals surface area contributed by atoms with Crippen molar-refractivity contribution in [2.24, 2.45) is 0 Å². The lowest BCUT2D eigenvalue weighted by Gasteiger charge is -2.31. The van der Waals surface area contributed by atoms with Crippen LogP contribution in [0.2, 0.25) is 0 Å². The summed E-state index contributed by atoms with van der Waals surface area (Å²) >= 11 is 1.51. The predicted octanol–water partition coefficient (Wildman–Crippen LogP) is 4.73. The summed E-state index contributed by atoms with van der Waals surface area (Å²) in [5.41, 5.74) is 3.39. The summed E-state index contributed by atoms with van der Waals surface area (Å²) < 4.78 is 0. The van der Waals surface area contributed by atoms with Crippen LogP contribution in [0.1, 0.15) is 43.9 Å². The molecule has 0 saturated heterocycles. The largest absolute Gasteiger partial charge is 0.352 e. The van der Waals surface area contributed by atoms with Crippen LogP contribution in [-0.2, 0) is 16.1 Å². The number of thioether (sulfide) groups is 1. The molecule has 0 bridgehead atoms. The van der Waals surface area contributed by atoms with Gasteiger partial charge in [-0.2, -0.15) is 0 Å². The summed E-state index contributed by atoms with van der Waals surface area (Å²) in [7, 11) is 0. The van der Waals surface area contributed by atoms with Crippen LogP contribution in [0.5, 0.6) is 0 Å². The highest BCUT2D eigenvalue weighted by Gasteiger charge is 2.28. The van der Waals surface area contributed by atoms with Crippen molar-refractivity contribution >= 4 is 23.6 Å². The molecule has 2 rings (SSSR count). The van der Waals surface area contributed by atoms with Gasteiger partial charge in [-0.25, -0.2) is 0 Å². The maximum atomic E-state index is 13.2. The smallest absolute Gasteiger partial charge is 0.243 e. The standard InChI is InChI=1S/C24H32N2O2S/c1-6-22(24(28)25-17(2)3)26(15-20-11-7-18(4)8-12-20)23(27)16-29-21-13-9-19(5)10-14-21/h7-14,17,22H,6,15-16H2,1-5H3,(H,25,28)/t22-/m1/s1. The van der Waals surface area contributed by atoms with Crippen molar-refractivity contribution in [2.45, 2.75) is 64.6 Å². The molecule has 0 saturated carbocycles. The highest BCUT2D eigenvalue weighted by Crippen LogP contribution is 2.21. The first-order valence-corrected chi connectivity index (χ1v) is 11.1. The summed E-state index contributed by atoms with van der Waals surface area (Å²) in [6.07, 6.45) is 0.575. The molecule has 2 aromatic rings. The Kier molecular flexibility index (Phi) is 8.77. The molecule has 156 valence electrons. The number of hydrogen-bond donors (Lipinski definition) is 1. The zero-order valence-corrected chi connectivity index (χ0v) is 18.9. The first kappa shape index (κ1) is 23.0. The molecule has 0 radical (unpaired) electrons. The van der Waals surface area contributed by atoms with E-state index in [1.54, 1.807) is 4.90 Å². The maximum Gasteiger partial charge on any atom is 0.243 e. The third-order valence-corrected chi connectivity index (χ3v) is 5.67. The third kappa shape index (κ3) is 7.24. The zero-order valence-electron chi connectivity index (χ0n) is 18.1. The zero-order chi connectivity index (χ0) is 21.4. The van der Waals surface area contributed by atoms with Gasteiger partial charge in [-0.15, -0.1) is 11.8 Å². The van der Waals surface area contributed by atoms with Gasteiger partial charge in [0.1, 0.15) is 6.04 Å². The van der Waals surface area contributed by atoms with Crippen LogP contribution in [0, 0.1) is 13.8 Å². The molecule has 5 heteroatoms. The quantitative estimate of drug-likeness (QED) is 0.606. The fourth-order valence-electron chi connectivity index (χ4n) is 3.05. The van der Waals surface area contributed by atoms with Gasteiger partial charge in [0.25, 0.3) is 0 Å². The Morgan fingerprint density at radius 1 is 0.966 bits per heavy atom. The monoisotopic (exact) mass is 412 g/mol. The van der Waals surface area contributed by atoms with E-state index >= 15 is 0 Å². The minimum absolute atomic E-state index is 0.0260. The number of carbonyl (C=O) groups is 2. The highest BCUT2D eigenvalue weighted by atomic mass is 32.2. The van der Waals surface area contributed by atoms with E-state index in [4.69, 9.17) is 0 Å². The lowest BCUT2D eigenvalue weighted by molar-refractivity contribution is -0.139. The lowest BCUT2D eigenvalue weighted by atomic mass is 10.1. The molecule has 29 heavy (non-hydrogen) atoms. The summed E-state index contributed by atoms with van der Waals surface area (Å²) in [5, 5.41) is 2.96. The molecule has 1 N–H and O–H groups in total. The van der Waals surface area contributed by atoms with Crippen LogP contribution in [0.4, 0.5) is 0 Å². The van der Waals surface area contributed by atoms with Crippen LogP contribution in [0.15, 0.2) is 53.4 Å². The van der Waals surface area contributed by atoms with Crippen molar-refractivity contribution in [1.82, 2.24) is 10.2 Å². The van der Waals surface area contributed by atoms with Gasteiger partial charge >= 0.3 is 0 Å². The van der Waals surface area contributed by atoms with Crippen LogP contribution < -0.4 is 5.32 Å². The fourth-order valence-corrected chi connectivity index (χ4v) is 3.84. The summed E-state index contributed by atoms with van der Waals surface area (Å²) in [6, 6.07) is 15.8. The van der Waals surface area contributed by atoms with Crippen LogP contribution >= 0.6 is 11.8 Å². The van der Waals surface area contributed by atoms with Crippen molar-refractivity contribution in [3.63, 3.8) is 0 Å². The molecule has 0 fully saturated rings. The number of rotatable bonds is 9. The molecule has 0 unspecified atom stereocenters. The first-order valence-electron chi connectivity index (χ1n) is 10.1. The second-order valence-corrected chi connectivity index (χ2v) is 8.75. The second kappa shape index (κ2) is 11.1. The number of nitrogens with zero attached hydrogens (tertiary/aromatic N) is 1. The number of amides is 2. The van der Waals surface area contributed by atoms with E-state index in [2.05, 4.69) is 5.32 Å².